The molecule has 0 aromatic rings. The fourth-order valence-corrected chi connectivity index (χ4v) is 0.874. The molecule has 1 amide bonds. The van der Waals surface area contributed by atoms with Gasteiger partial charge in [0.15, 0.2) is 0 Å². The van der Waals surface area contributed by atoms with Crippen LogP contribution in [0, 0.1) is 11.3 Å². The second-order valence-corrected chi connectivity index (χ2v) is 2.93. The zero-order valence-electron chi connectivity index (χ0n) is 6.97. The Kier molecular flexibility index (Phi) is 3.55. The third-order valence-corrected chi connectivity index (χ3v) is 1.68. The molecule has 0 radical (unpaired) electrons. The molecule has 0 unspecified atom stereocenters. The highest BCUT2D eigenvalue weighted by atomic mass is 16.1. The van der Waals surface area contributed by atoms with E-state index in [2.05, 4.69) is 10.6 Å². The number of carbonyl (C=O) groups excluding carboxylic acids is 1. The van der Waals surface area contributed by atoms with E-state index in [1.165, 1.54) is 0 Å². The largest absolute Gasteiger partial charge is 0.353 e. The summed E-state index contributed by atoms with van der Waals surface area (Å²) < 4.78 is 0. The van der Waals surface area contributed by atoms with E-state index in [0.29, 0.717) is 25.6 Å². The number of nitrogens with zero attached hydrogens (tertiary/aromatic N) is 1. The average Bonchev–Trinajstić information content (AvgIpc) is 2.82. The molecule has 66 valence electrons. The monoisotopic (exact) mass is 167 g/mol. The summed E-state index contributed by atoms with van der Waals surface area (Å²) in [5.41, 5.74) is 0. The van der Waals surface area contributed by atoms with Gasteiger partial charge in [0, 0.05) is 19.0 Å². The quantitative estimate of drug-likeness (QED) is 0.439. The molecule has 1 aliphatic carbocycles. The lowest BCUT2D eigenvalue weighted by molar-refractivity contribution is -0.121. The number of nitrogens with one attached hydrogen (secondary N) is 2. The van der Waals surface area contributed by atoms with Crippen LogP contribution < -0.4 is 10.6 Å². The number of carbonyl (C=O) groups is 1. The molecule has 0 saturated heterocycles. The van der Waals surface area contributed by atoms with Gasteiger partial charge in [-0.1, -0.05) is 0 Å². The Morgan fingerprint density at radius 1 is 1.58 bits per heavy atom. The molecular formula is C8H13N3O. The third-order valence-electron chi connectivity index (χ3n) is 1.68. The van der Waals surface area contributed by atoms with Crippen molar-refractivity contribution >= 4 is 5.91 Å². The first-order valence-electron chi connectivity index (χ1n) is 4.20. The summed E-state index contributed by atoms with van der Waals surface area (Å²) in [5, 5.41) is 13.9. The minimum atomic E-state index is 0.0861. The Balaban J connectivity index is 1.91. The molecule has 12 heavy (non-hydrogen) atoms. The first-order chi connectivity index (χ1) is 5.83. The minimum Gasteiger partial charge on any atom is -0.353 e. The van der Waals surface area contributed by atoms with Gasteiger partial charge in [0.25, 0.3) is 0 Å². The van der Waals surface area contributed by atoms with Crippen molar-refractivity contribution in [3.8, 4) is 6.07 Å². The van der Waals surface area contributed by atoms with Gasteiger partial charge >= 0.3 is 0 Å². The van der Waals surface area contributed by atoms with Crippen LogP contribution in [0.25, 0.3) is 0 Å². The lowest BCUT2D eigenvalue weighted by Gasteiger charge is -2.01. The predicted molar refractivity (Wildman–Crippen MR) is 44.3 cm³/mol. The molecule has 0 aromatic heterocycles. The molecule has 4 nitrogen and oxygen atoms in total. The van der Waals surface area contributed by atoms with E-state index in [1.807, 2.05) is 6.07 Å². The van der Waals surface area contributed by atoms with E-state index in [1.54, 1.807) is 0 Å². The minimum absolute atomic E-state index is 0.0861. The maximum atomic E-state index is 11.0. The number of amides is 1. The van der Waals surface area contributed by atoms with Gasteiger partial charge in [-0.2, -0.15) is 5.26 Å². The van der Waals surface area contributed by atoms with Crippen LogP contribution in [0.15, 0.2) is 0 Å². The van der Waals surface area contributed by atoms with Gasteiger partial charge in [-0.25, -0.2) is 0 Å². The smallest absolute Gasteiger partial charge is 0.221 e. The van der Waals surface area contributed by atoms with E-state index in [4.69, 9.17) is 5.26 Å². The Morgan fingerprint density at radius 3 is 2.92 bits per heavy atom. The number of hydrogen-bond acceptors (Lipinski definition) is 3. The molecule has 0 aromatic carbocycles. The van der Waals surface area contributed by atoms with Crippen molar-refractivity contribution in [3.63, 3.8) is 0 Å². The Bertz CT molecular complexity index is 193. The van der Waals surface area contributed by atoms with Crippen LogP contribution in [0.2, 0.25) is 0 Å². The van der Waals surface area contributed by atoms with Crippen LogP contribution in [0.1, 0.15) is 19.3 Å². The highest BCUT2D eigenvalue weighted by Crippen LogP contribution is 2.18. The van der Waals surface area contributed by atoms with Gasteiger partial charge in [-0.15, -0.1) is 0 Å². The summed E-state index contributed by atoms with van der Waals surface area (Å²) in [6, 6.07) is 2.39. The summed E-state index contributed by atoms with van der Waals surface area (Å²) >= 11 is 0. The molecular weight excluding hydrogens is 154 g/mol. The summed E-state index contributed by atoms with van der Waals surface area (Å²) in [6.45, 7) is 0.906. The van der Waals surface area contributed by atoms with Crippen LogP contribution in [0.4, 0.5) is 0 Å². The first kappa shape index (κ1) is 9.01. The standard InChI is InChI=1S/C8H13N3O/c9-4-6-10-5-3-8(12)11-7-1-2-7/h7,10H,1-3,5-6H2,(H,11,12). The Hall–Kier alpha value is -1.08. The van der Waals surface area contributed by atoms with Gasteiger partial charge in [-0.3, -0.25) is 4.79 Å². The van der Waals surface area contributed by atoms with Gasteiger partial charge in [0.1, 0.15) is 0 Å². The molecule has 4 heteroatoms. The van der Waals surface area contributed by atoms with Gasteiger partial charge in [0.05, 0.1) is 12.6 Å². The maximum absolute atomic E-state index is 11.0. The number of hydrogen-bond donors (Lipinski definition) is 2. The molecule has 2 N–H and O–H groups in total. The predicted octanol–water partition coefficient (Wildman–Crippen LogP) is -0.232. The lowest BCUT2D eigenvalue weighted by Crippen LogP contribution is -2.29. The highest BCUT2D eigenvalue weighted by Gasteiger charge is 2.22. The van der Waals surface area contributed by atoms with Gasteiger partial charge < -0.3 is 10.6 Å². The number of nitriles is 1. The van der Waals surface area contributed by atoms with Crippen molar-refractivity contribution < 1.29 is 4.79 Å². The topological polar surface area (TPSA) is 64.9 Å². The fourth-order valence-electron chi connectivity index (χ4n) is 0.874. The van der Waals surface area contributed by atoms with Gasteiger partial charge in [-0.05, 0) is 12.8 Å². The summed E-state index contributed by atoms with van der Waals surface area (Å²) in [5.74, 6) is 0.0861. The molecule has 0 atom stereocenters. The highest BCUT2D eigenvalue weighted by molar-refractivity contribution is 5.76. The second-order valence-electron chi connectivity index (χ2n) is 2.93. The van der Waals surface area contributed by atoms with E-state index in [0.717, 1.165) is 12.8 Å². The van der Waals surface area contributed by atoms with Crippen LogP contribution in [-0.2, 0) is 4.79 Å². The van der Waals surface area contributed by atoms with Crippen LogP contribution in [-0.4, -0.2) is 25.0 Å². The van der Waals surface area contributed by atoms with Crippen molar-refractivity contribution in [1.29, 1.82) is 5.26 Å². The summed E-state index contributed by atoms with van der Waals surface area (Å²) in [4.78, 5) is 11.0. The second kappa shape index (κ2) is 4.73. The normalized spacial score (nSPS) is 15.2. The molecule has 1 fully saturated rings. The molecule has 0 aliphatic heterocycles. The summed E-state index contributed by atoms with van der Waals surface area (Å²) in [6.07, 6.45) is 2.72. The fraction of sp³-hybridized carbons (Fsp3) is 0.750. The Labute approximate surface area is 71.9 Å². The molecule has 0 heterocycles. The van der Waals surface area contributed by atoms with Crippen molar-refractivity contribution in [2.75, 3.05) is 13.1 Å². The van der Waals surface area contributed by atoms with Crippen LogP contribution in [0.3, 0.4) is 0 Å². The Morgan fingerprint density at radius 2 is 2.33 bits per heavy atom. The van der Waals surface area contributed by atoms with E-state index >= 15 is 0 Å². The van der Waals surface area contributed by atoms with E-state index < -0.39 is 0 Å². The third kappa shape index (κ3) is 3.94. The zero-order valence-corrected chi connectivity index (χ0v) is 6.97. The number of rotatable bonds is 5. The molecule has 0 spiro atoms. The zero-order chi connectivity index (χ0) is 8.81. The SMILES string of the molecule is N#CCNCCC(=O)NC1CC1. The molecule has 1 aliphatic rings. The van der Waals surface area contributed by atoms with Crippen molar-refractivity contribution in [1.82, 2.24) is 10.6 Å². The average molecular weight is 167 g/mol. The van der Waals surface area contributed by atoms with Gasteiger partial charge in [0.2, 0.25) is 5.91 Å². The first-order valence-corrected chi connectivity index (χ1v) is 4.20. The maximum Gasteiger partial charge on any atom is 0.221 e. The van der Waals surface area contributed by atoms with Crippen molar-refractivity contribution in [3.05, 3.63) is 0 Å². The van der Waals surface area contributed by atoms with Crippen molar-refractivity contribution in [2.45, 2.75) is 25.3 Å². The van der Waals surface area contributed by atoms with Crippen molar-refractivity contribution in [2.24, 2.45) is 0 Å². The van der Waals surface area contributed by atoms with Crippen LogP contribution >= 0.6 is 0 Å². The van der Waals surface area contributed by atoms with E-state index in [-0.39, 0.29) is 5.91 Å². The lowest BCUT2D eigenvalue weighted by atomic mass is 10.4. The molecule has 0 bridgehead atoms. The molecule has 1 rings (SSSR count). The molecule has 1 saturated carbocycles. The van der Waals surface area contributed by atoms with Crippen LogP contribution in [0.5, 0.6) is 0 Å². The van der Waals surface area contributed by atoms with E-state index in [9.17, 15) is 4.79 Å². The summed E-state index contributed by atoms with van der Waals surface area (Å²) in [7, 11) is 0.